The van der Waals surface area contributed by atoms with Crippen LogP contribution in [-0.2, 0) is 17.8 Å². The monoisotopic (exact) mass is 357 g/mol. The zero-order chi connectivity index (χ0) is 17.5. The van der Waals surface area contributed by atoms with E-state index in [1.807, 2.05) is 41.8 Å². The van der Waals surface area contributed by atoms with Crippen molar-refractivity contribution in [2.24, 2.45) is 0 Å². The number of carbonyl (C=O) groups is 1. The van der Waals surface area contributed by atoms with Crippen molar-refractivity contribution < 1.29 is 9.21 Å². The molecular formula is C17H19N5O2S. The summed E-state index contributed by atoms with van der Waals surface area (Å²) in [5.41, 5.74) is 0.962. The fourth-order valence-corrected chi connectivity index (χ4v) is 3.16. The molecule has 1 N–H and O–H groups in total. The number of pyridine rings is 1. The summed E-state index contributed by atoms with van der Waals surface area (Å²) in [6, 6.07) is 9.41. The zero-order valence-electron chi connectivity index (χ0n) is 13.9. The van der Waals surface area contributed by atoms with E-state index in [2.05, 4.69) is 20.5 Å². The fraction of sp³-hybridized carbons (Fsp3) is 0.294. The zero-order valence-corrected chi connectivity index (χ0v) is 14.7. The molecule has 3 aromatic heterocycles. The SMILES string of the molecule is CCn1c(SCC(=O)NCCc2ccccn2)nnc1-c1ccco1. The van der Waals surface area contributed by atoms with Gasteiger partial charge in [-0.3, -0.25) is 14.3 Å². The van der Waals surface area contributed by atoms with Crippen LogP contribution in [0, 0.1) is 0 Å². The lowest BCUT2D eigenvalue weighted by Gasteiger charge is -2.06. The van der Waals surface area contributed by atoms with E-state index >= 15 is 0 Å². The molecule has 3 heterocycles. The minimum absolute atomic E-state index is 0.0360. The number of nitrogens with one attached hydrogen (secondary N) is 1. The molecule has 3 aromatic rings. The van der Waals surface area contributed by atoms with E-state index in [1.165, 1.54) is 11.8 Å². The van der Waals surface area contributed by atoms with Crippen molar-refractivity contribution in [3.63, 3.8) is 0 Å². The normalized spacial score (nSPS) is 10.8. The number of nitrogens with zero attached hydrogens (tertiary/aromatic N) is 4. The minimum Gasteiger partial charge on any atom is -0.461 e. The van der Waals surface area contributed by atoms with Crippen molar-refractivity contribution in [3.8, 4) is 11.6 Å². The molecule has 8 heteroatoms. The van der Waals surface area contributed by atoms with Gasteiger partial charge in [-0.15, -0.1) is 10.2 Å². The summed E-state index contributed by atoms with van der Waals surface area (Å²) in [5.74, 6) is 1.59. The first kappa shape index (κ1) is 17.2. The summed E-state index contributed by atoms with van der Waals surface area (Å²) < 4.78 is 7.31. The predicted octanol–water partition coefficient (Wildman–Crippen LogP) is 2.40. The van der Waals surface area contributed by atoms with Gasteiger partial charge in [0, 0.05) is 31.4 Å². The van der Waals surface area contributed by atoms with Crippen molar-refractivity contribution in [2.75, 3.05) is 12.3 Å². The van der Waals surface area contributed by atoms with Crippen LogP contribution in [0.25, 0.3) is 11.6 Å². The Morgan fingerprint density at radius 3 is 2.92 bits per heavy atom. The average molecular weight is 357 g/mol. The van der Waals surface area contributed by atoms with E-state index in [9.17, 15) is 4.79 Å². The second-order valence-electron chi connectivity index (χ2n) is 5.24. The maximum atomic E-state index is 12.0. The third-order valence-electron chi connectivity index (χ3n) is 3.54. The maximum absolute atomic E-state index is 12.0. The lowest BCUT2D eigenvalue weighted by atomic mass is 10.3. The Labute approximate surface area is 149 Å². The van der Waals surface area contributed by atoms with Crippen LogP contribution in [0.2, 0.25) is 0 Å². The van der Waals surface area contributed by atoms with Crippen LogP contribution >= 0.6 is 11.8 Å². The van der Waals surface area contributed by atoms with Crippen molar-refractivity contribution in [1.29, 1.82) is 0 Å². The van der Waals surface area contributed by atoms with Crippen LogP contribution in [0.3, 0.4) is 0 Å². The molecule has 3 rings (SSSR count). The summed E-state index contributed by atoms with van der Waals surface area (Å²) in [7, 11) is 0. The van der Waals surface area contributed by atoms with Gasteiger partial charge in [0.15, 0.2) is 16.7 Å². The molecule has 1 amide bonds. The highest BCUT2D eigenvalue weighted by molar-refractivity contribution is 7.99. The van der Waals surface area contributed by atoms with Gasteiger partial charge >= 0.3 is 0 Å². The number of rotatable bonds is 8. The van der Waals surface area contributed by atoms with Gasteiger partial charge in [-0.1, -0.05) is 17.8 Å². The van der Waals surface area contributed by atoms with Gasteiger partial charge in [0.2, 0.25) is 5.91 Å². The fourth-order valence-electron chi connectivity index (χ4n) is 2.33. The highest BCUT2D eigenvalue weighted by atomic mass is 32.2. The lowest BCUT2D eigenvalue weighted by molar-refractivity contribution is -0.118. The third-order valence-corrected chi connectivity index (χ3v) is 4.50. The van der Waals surface area contributed by atoms with Gasteiger partial charge in [-0.05, 0) is 31.2 Å². The molecule has 0 aliphatic rings. The van der Waals surface area contributed by atoms with E-state index in [0.29, 0.717) is 42.0 Å². The third kappa shape index (κ3) is 4.48. The molecule has 0 unspecified atom stereocenters. The Kier molecular flexibility index (Phi) is 5.84. The van der Waals surface area contributed by atoms with Crippen molar-refractivity contribution in [1.82, 2.24) is 25.1 Å². The molecule has 0 aliphatic carbocycles. The molecule has 25 heavy (non-hydrogen) atoms. The van der Waals surface area contributed by atoms with Crippen molar-refractivity contribution in [3.05, 3.63) is 48.5 Å². The van der Waals surface area contributed by atoms with Gasteiger partial charge in [0.1, 0.15) is 0 Å². The van der Waals surface area contributed by atoms with Gasteiger partial charge in [0.25, 0.3) is 0 Å². The Bertz CT molecular complexity index is 802. The van der Waals surface area contributed by atoms with Crippen molar-refractivity contribution in [2.45, 2.75) is 25.0 Å². The Balaban J connectivity index is 1.50. The minimum atomic E-state index is -0.0360. The number of hydrogen-bond donors (Lipinski definition) is 1. The Morgan fingerprint density at radius 2 is 2.20 bits per heavy atom. The van der Waals surface area contributed by atoms with Gasteiger partial charge in [-0.25, -0.2) is 0 Å². The summed E-state index contributed by atoms with van der Waals surface area (Å²) in [4.78, 5) is 16.2. The van der Waals surface area contributed by atoms with Crippen molar-refractivity contribution >= 4 is 17.7 Å². The number of carbonyl (C=O) groups excluding carboxylic acids is 1. The predicted molar refractivity (Wildman–Crippen MR) is 95.1 cm³/mol. The highest BCUT2D eigenvalue weighted by Crippen LogP contribution is 2.23. The molecule has 0 atom stereocenters. The standard InChI is InChI=1S/C17H19N5O2S/c1-2-22-16(14-7-5-11-24-14)20-21-17(22)25-12-15(23)19-10-8-13-6-3-4-9-18-13/h3-7,9,11H,2,8,10,12H2,1H3,(H,19,23). The quantitative estimate of drug-likeness (QED) is 0.623. The van der Waals surface area contributed by atoms with Crippen LogP contribution in [0.15, 0.2) is 52.4 Å². The Hall–Kier alpha value is -2.61. The van der Waals surface area contributed by atoms with Crippen LogP contribution < -0.4 is 5.32 Å². The van der Waals surface area contributed by atoms with Crippen LogP contribution in [0.4, 0.5) is 0 Å². The van der Waals surface area contributed by atoms with E-state index in [-0.39, 0.29) is 5.91 Å². The van der Waals surface area contributed by atoms with Gasteiger partial charge in [0.05, 0.1) is 12.0 Å². The molecule has 7 nitrogen and oxygen atoms in total. The number of aromatic nitrogens is 4. The molecule has 0 aliphatic heterocycles. The molecule has 0 bridgehead atoms. The summed E-state index contributed by atoms with van der Waals surface area (Å²) in [6.07, 6.45) is 4.07. The second-order valence-corrected chi connectivity index (χ2v) is 6.18. The largest absolute Gasteiger partial charge is 0.461 e. The molecule has 0 fully saturated rings. The van der Waals surface area contributed by atoms with Gasteiger partial charge < -0.3 is 9.73 Å². The molecule has 0 aromatic carbocycles. The first-order valence-electron chi connectivity index (χ1n) is 8.04. The van der Waals surface area contributed by atoms with Crippen LogP contribution in [0.1, 0.15) is 12.6 Å². The van der Waals surface area contributed by atoms with Crippen LogP contribution in [0.5, 0.6) is 0 Å². The first-order chi connectivity index (χ1) is 12.3. The van der Waals surface area contributed by atoms with Gasteiger partial charge in [-0.2, -0.15) is 0 Å². The van der Waals surface area contributed by atoms with Crippen LogP contribution in [-0.4, -0.2) is 38.0 Å². The number of furan rings is 1. The summed E-state index contributed by atoms with van der Waals surface area (Å²) >= 11 is 1.36. The Morgan fingerprint density at radius 1 is 1.28 bits per heavy atom. The number of thioether (sulfide) groups is 1. The molecule has 0 radical (unpaired) electrons. The average Bonchev–Trinajstić information content (AvgIpc) is 3.30. The van der Waals surface area contributed by atoms with E-state index < -0.39 is 0 Å². The molecule has 0 saturated carbocycles. The van der Waals surface area contributed by atoms with E-state index in [0.717, 1.165) is 5.69 Å². The molecule has 0 saturated heterocycles. The first-order valence-corrected chi connectivity index (χ1v) is 9.03. The maximum Gasteiger partial charge on any atom is 0.230 e. The summed E-state index contributed by atoms with van der Waals surface area (Å²) in [6.45, 7) is 3.27. The second kappa shape index (κ2) is 8.48. The molecule has 0 spiro atoms. The lowest BCUT2D eigenvalue weighted by Crippen LogP contribution is -2.27. The smallest absolute Gasteiger partial charge is 0.230 e. The number of amides is 1. The molecular weight excluding hydrogens is 338 g/mol. The number of hydrogen-bond acceptors (Lipinski definition) is 6. The highest BCUT2D eigenvalue weighted by Gasteiger charge is 2.16. The molecule has 130 valence electrons. The van der Waals surface area contributed by atoms with E-state index in [1.54, 1.807) is 12.5 Å². The topological polar surface area (TPSA) is 85.8 Å². The van der Waals surface area contributed by atoms with E-state index in [4.69, 9.17) is 4.42 Å². The summed E-state index contributed by atoms with van der Waals surface area (Å²) in [5, 5.41) is 11.9.